The third-order valence-electron chi connectivity index (χ3n) is 2.91. The number of hydrogen-bond donors (Lipinski definition) is 0. The van der Waals surface area contributed by atoms with Crippen molar-refractivity contribution in [1.82, 2.24) is 9.97 Å². The number of aryl methyl sites for hydroxylation is 1. The molecule has 2 rings (SSSR count). The largest absolute Gasteiger partial charge is 0.422 e. The summed E-state index contributed by atoms with van der Waals surface area (Å²) in [5, 5.41) is -0.0411. The Hall–Kier alpha value is -1.70. The molecular weight excluding hydrogens is 363 g/mol. The first-order chi connectivity index (χ1) is 10.7. The molecule has 0 fully saturated rings. The van der Waals surface area contributed by atoms with Crippen LogP contribution < -0.4 is 4.74 Å². The fourth-order valence-corrected chi connectivity index (χ4v) is 2.60. The molecule has 2 aromatic rings. The highest BCUT2D eigenvalue weighted by Gasteiger charge is 2.22. The Morgan fingerprint density at radius 2 is 1.96 bits per heavy atom. The van der Waals surface area contributed by atoms with Gasteiger partial charge >= 0.3 is 5.97 Å². The molecule has 0 spiro atoms. The lowest BCUT2D eigenvalue weighted by Gasteiger charge is -2.07. The summed E-state index contributed by atoms with van der Waals surface area (Å²) in [6.07, 6.45) is 1.06. The zero-order valence-electron chi connectivity index (χ0n) is 12.2. The second-order valence-electron chi connectivity index (χ2n) is 4.55. The summed E-state index contributed by atoms with van der Waals surface area (Å²) in [6, 6.07) is 4.65. The third kappa shape index (κ3) is 3.99. The Labute approximate surface area is 143 Å². The molecule has 1 heterocycles. The number of hydrogen-bond acceptors (Lipinski definition) is 6. The van der Waals surface area contributed by atoms with Gasteiger partial charge in [0, 0.05) is 5.02 Å². The maximum atomic E-state index is 12.2. The van der Waals surface area contributed by atoms with Gasteiger partial charge in [0.2, 0.25) is 15.0 Å². The summed E-state index contributed by atoms with van der Waals surface area (Å²) in [5.41, 5.74) is 0.404. The van der Waals surface area contributed by atoms with Crippen molar-refractivity contribution < 1.29 is 17.9 Å². The van der Waals surface area contributed by atoms with Crippen molar-refractivity contribution in [1.29, 1.82) is 0 Å². The summed E-state index contributed by atoms with van der Waals surface area (Å²) < 4.78 is 28.7. The standard InChI is InChI=1S/C14H12Cl2N2O4S/c1-3-23(20,21)14-17-7-11(16)12(18-14)13(19)22-9-4-5-10(15)8(2)6-9/h4-7H,3H2,1-2H3. The van der Waals surface area contributed by atoms with Gasteiger partial charge < -0.3 is 4.74 Å². The number of carbonyl (C=O) groups excluding carboxylic acids is 1. The molecule has 122 valence electrons. The predicted octanol–water partition coefficient (Wildman–Crippen LogP) is 3.10. The highest BCUT2D eigenvalue weighted by Crippen LogP contribution is 2.23. The molecule has 0 aliphatic rings. The van der Waals surface area contributed by atoms with Crippen molar-refractivity contribution >= 4 is 39.0 Å². The number of esters is 1. The number of rotatable bonds is 4. The van der Waals surface area contributed by atoms with E-state index < -0.39 is 21.0 Å². The van der Waals surface area contributed by atoms with E-state index in [-0.39, 0.29) is 22.2 Å². The van der Waals surface area contributed by atoms with Gasteiger partial charge in [0.15, 0.2) is 5.69 Å². The van der Waals surface area contributed by atoms with Gasteiger partial charge in [0.25, 0.3) is 0 Å². The zero-order valence-corrected chi connectivity index (χ0v) is 14.5. The zero-order chi connectivity index (χ0) is 17.2. The molecule has 0 N–H and O–H groups in total. The van der Waals surface area contributed by atoms with Crippen LogP contribution in [0.1, 0.15) is 23.0 Å². The first-order valence-electron chi connectivity index (χ1n) is 6.48. The number of benzene rings is 1. The van der Waals surface area contributed by atoms with Crippen LogP contribution in [-0.4, -0.2) is 30.1 Å². The first-order valence-corrected chi connectivity index (χ1v) is 8.89. The molecule has 0 amide bonds. The molecule has 0 unspecified atom stereocenters. The maximum Gasteiger partial charge on any atom is 0.364 e. The number of nitrogens with zero attached hydrogens (tertiary/aromatic N) is 2. The third-order valence-corrected chi connectivity index (χ3v) is 5.13. The maximum absolute atomic E-state index is 12.2. The van der Waals surface area contributed by atoms with E-state index in [1.807, 2.05) is 0 Å². The Balaban J connectivity index is 2.35. The van der Waals surface area contributed by atoms with E-state index in [0.29, 0.717) is 5.02 Å². The average Bonchev–Trinajstić information content (AvgIpc) is 2.51. The van der Waals surface area contributed by atoms with Gasteiger partial charge in [0.1, 0.15) is 5.75 Å². The smallest absolute Gasteiger partial charge is 0.364 e. The van der Waals surface area contributed by atoms with Gasteiger partial charge in [-0.05, 0) is 30.7 Å². The van der Waals surface area contributed by atoms with Crippen LogP contribution in [0.15, 0.2) is 29.6 Å². The molecule has 0 aliphatic heterocycles. The van der Waals surface area contributed by atoms with Crippen LogP contribution in [0.5, 0.6) is 5.75 Å². The Morgan fingerprint density at radius 3 is 2.57 bits per heavy atom. The van der Waals surface area contributed by atoms with E-state index in [2.05, 4.69) is 9.97 Å². The van der Waals surface area contributed by atoms with Crippen molar-refractivity contribution in [3.05, 3.63) is 45.7 Å². The SMILES string of the molecule is CCS(=O)(=O)c1ncc(Cl)c(C(=O)Oc2ccc(Cl)c(C)c2)n1. The van der Waals surface area contributed by atoms with Crippen LogP contribution >= 0.6 is 23.2 Å². The van der Waals surface area contributed by atoms with Crippen molar-refractivity contribution in [2.75, 3.05) is 5.75 Å². The Bertz CT molecular complexity index is 869. The summed E-state index contributed by atoms with van der Waals surface area (Å²) in [4.78, 5) is 19.5. The van der Waals surface area contributed by atoms with E-state index in [1.165, 1.54) is 13.0 Å². The normalized spacial score (nSPS) is 11.3. The van der Waals surface area contributed by atoms with E-state index in [9.17, 15) is 13.2 Å². The quantitative estimate of drug-likeness (QED) is 0.464. The van der Waals surface area contributed by atoms with Crippen LogP contribution in [-0.2, 0) is 9.84 Å². The van der Waals surface area contributed by atoms with E-state index in [0.717, 1.165) is 11.8 Å². The lowest BCUT2D eigenvalue weighted by Crippen LogP contribution is -2.16. The predicted molar refractivity (Wildman–Crippen MR) is 85.9 cm³/mol. The van der Waals surface area contributed by atoms with Gasteiger partial charge in [-0.15, -0.1) is 0 Å². The number of aromatic nitrogens is 2. The first kappa shape index (κ1) is 17.7. The molecule has 0 atom stereocenters. The Morgan fingerprint density at radius 1 is 1.26 bits per heavy atom. The van der Waals surface area contributed by atoms with Gasteiger partial charge in [-0.3, -0.25) is 0 Å². The van der Waals surface area contributed by atoms with E-state index in [1.54, 1.807) is 19.1 Å². The van der Waals surface area contributed by atoms with Crippen molar-refractivity contribution in [3.8, 4) is 5.75 Å². The molecule has 0 radical (unpaired) electrons. The van der Waals surface area contributed by atoms with Crippen LogP contribution in [0.4, 0.5) is 0 Å². The highest BCUT2D eigenvalue weighted by molar-refractivity contribution is 7.91. The molecule has 0 bridgehead atoms. The molecule has 1 aromatic carbocycles. The molecule has 6 nitrogen and oxygen atoms in total. The fraction of sp³-hybridized carbons (Fsp3) is 0.214. The second kappa shape index (κ2) is 6.82. The molecule has 0 saturated heterocycles. The van der Waals surface area contributed by atoms with Gasteiger partial charge in [-0.2, -0.15) is 0 Å². The van der Waals surface area contributed by atoms with Crippen molar-refractivity contribution in [3.63, 3.8) is 0 Å². The van der Waals surface area contributed by atoms with Crippen LogP contribution in [0, 0.1) is 6.92 Å². The summed E-state index contributed by atoms with van der Waals surface area (Å²) in [6.45, 7) is 3.20. The topological polar surface area (TPSA) is 86.2 Å². The molecule has 9 heteroatoms. The molecule has 0 saturated carbocycles. The fourth-order valence-electron chi connectivity index (χ4n) is 1.61. The minimum absolute atomic E-state index is 0.101. The summed E-state index contributed by atoms with van der Waals surface area (Å²) in [7, 11) is -3.66. The number of ether oxygens (including phenoxy) is 1. The number of carbonyl (C=O) groups is 1. The number of sulfone groups is 1. The van der Waals surface area contributed by atoms with E-state index in [4.69, 9.17) is 27.9 Å². The Kier molecular flexibility index (Phi) is 5.23. The van der Waals surface area contributed by atoms with Gasteiger partial charge in [0.05, 0.1) is 17.0 Å². The lowest BCUT2D eigenvalue weighted by molar-refractivity contribution is 0.0727. The van der Waals surface area contributed by atoms with E-state index >= 15 is 0 Å². The summed E-state index contributed by atoms with van der Waals surface area (Å²) >= 11 is 11.8. The van der Waals surface area contributed by atoms with Crippen LogP contribution in [0.25, 0.3) is 0 Å². The second-order valence-corrected chi connectivity index (χ2v) is 7.54. The van der Waals surface area contributed by atoms with Crippen LogP contribution in [0.3, 0.4) is 0 Å². The molecule has 1 aromatic heterocycles. The molecular formula is C14H12Cl2N2O4S. The number of halogens is 2. The van der Waals surface area contributed by atoms with Crippen molar-refractivity contribution in [2.24, 2.45) is 0 Å². The van der Waals surface area contributed by atoms with Crippen molar-refractivity contribution in [2.45, 2.75) is 19.0 Å². The minimum Gasteiger partial charge on any atom is -0.422 e. The van der Waals surface area contributed by atoms with Crippen LogP contribution in [0.2, 0.25) is 10.0 Å². The van der Waals surface area contributed by atoms with Gasteiger partial charge in [-0.1, -0.05) is 30.1 Å². The highest BCUT2D eigenvalue weighted by atomic mass is 35.5. The minimum atomic E-state index is -3.66. The van der Waals surface area contributed by atoms with Gasteiger partial charge in [-0.25, -0.2) is 23.2 Å². The average molecular weight is 375 g/mol. The summed E-state index contributed by atoms with van der Waals surface area (Å²) in [5.74, 6) is -0.836. The molecule has 0 aliphatic carbocycles. The molecule has 23 heavy (non-hydrogen) atoms. The lowest BCUT2D eigenvalue weighted by atomic mass is 10.2. The monoisotopic (exact) mass is 374 g/mol.